The zero-order chi connectivity index (χ0) is 8.13. The number of rotatable bonds is 0. The SMILES string of the molecule is OC1CC2C=CC3C=CC1CC32. The molecule has 1 heteroatoms. The summed E-state index contributed by atoms with van der Waals surface area (Å²) < 4.78 is 0. The summed E-state index contributed by atoms with van der Waals surface area (Å²) in [4.78, 5) is 0. The van der Waals surface area contributed by atoms with Crippen molar-refractivity contribution in [3.63, 3.8) is 0 Å². The van der Waals surface area contributed by atoms with Gasteiger partial charge in [0.05, 0.1) is 6.10 Å². The summed E-state index contributed by atoms with van der Waals surface area (Å²) in [5.41, 5.74) is 0. The van der Waals surface area contributed by atoms with E-state index in [1.807, 2.05) is 0 Å². The average molecular weight is 162 g/mol. The Bertz CT molecular complexity index is 254. The molecule has 0 saturated heterocycles. The zero-order valence-electron chi connectivity index (χ0n) is 7.06. The van der Waals surface area contributed by atoms with E-state index in [4.69, 9.17) is 0 Å². The van der Waals surface area contributed by atoms with Crippen molar-refractivity contribution in [2.24, 2.45) is 23.7 Å². The first-order valence-corrected chi connectivity index (χ1v) is 4.89. The van der Waals surface area contributed by atoms with Gasteiger partial charge in [-0.3, -0.25) is 0 Å². The maximum absolute atomic E-state index is 9.76. The van der Waals surface area contributed by atoms with Crippen molar-refractivity contribution >= 4 is 0 Å². The second kappa shape index (κ2) is 2.23. The second-order valence-electron chi connectivity index (χ2n) is 4.38. The molecule has 0 aliphatic heterocycles. The molecule has 0 spiro atoms. The molecule has 3 aliphatic rings. The monoisotopic (exact) mass is 162 g/mol. The number of hydrogen-bond donors (Lipinski definition) is 1. The van der Waals surface area contributed by atoms with Gasteiger partial charge in [-0.25, -0.2) is 0 Å². The van der Waals surface area contributed by atoms with Gasteiger partial charge in [0.1, 0.15) is 0 Å². The topological polar surface area (TPSA) is 20.2 Å². The Labute approximate surface area is 72.8 Å². The molecule has 0 aromatic rings. The lowest BCUT2D eigenvalue weighted by molar-refractivity contribution is 0.0408. The van der Waals surface area contributed by atoms with E-state index in [1.165, 1.54) is 6.42 Å². The van der Waals surface area contributed by atoms with Crippen LogP contribution in [0.25, 0.3) is 0 Å². The lowest BCUT2D eigenvalue weighted by Gasteiger charge is -2.39. The molecule has 0 radical (unpaired) electrons. The summed E-state index contributed by atoms with van der Waals surface area (Å²) in [7, 11) is 0. The Morgan fingerprint density at radius 2 is 1.67 bits per heavy atom. The molecule has 3 rings (SSSR count). The predicted octanol–water partition coefficient (Wildman–Crippen LogP) is 1.75. The van der Waals surface area contributed by atoms with Crippen molar-refractivity contribution in [3.8, 4) is 0 Å². The minimum absolute atomic E-state index is 0.0776. The highest BCUT2D eigenvalue weighted by molar-refractivity contribution is 5.20. The molecule has 1 fully saturated rings. The molecule has 0 aromatic carbocycles. The van der Waals surface area contributed by atoms with Crippen LogP contribution in [0, 0.1) is 23.7 Å². The van der Waals surface area contributed by atoms with Gasteiger partial charge in [0.15, 0.2) is 0 Å². The third-order valence-electron chi connectivity index (χ3n) is 3.76. The van der Waals surface area contributed by atoms with Gasteiger partial charge in [-0.15, -0.1) is 0 Å². The van der Waals surface area contributed by atoms with Crippen LogP contribution < -0.4 is 0 Å². The standard InChI is InChI=1S/C11H14O/c12-11-6-8-3-1-7-2-4-9(11)5-10(7)8/h1-4,7-12H,5-6H2. The maximum Gasteiger partial charge on any atom is 0.0608 e. The van der Waals surface area contributed by atoms with Crippen molar-refractivity contribution in [2.45, 2.75) is 18.9 Å². The Morgan fingerprint density at radius 1 is 0.917 bits per heavy atom. The molecule has 1 N–H and O–H groups in total. The van der Waals surface area contributed by atoms with E-state index in [-0.39, 0.29) is 6.10 Å². The fourth-order valence-electron chi connectivity index (χ4n) is 3.04. The first-order chi connectivity index (χ1) is 5.84. The van der Waals surface area contributed by atoms with Gasteiger partial charge in [0.2, 0.25) is 0 Å². The number of allylic oxidation sites excluding steroid dienone is 3. The molecule has 64 valence electrons. The van der Waals surface area contributed by atoms with Crippen LogP contribution in [0.5, 0.6) is 0 Å². The van der Waals surface area contributed by atoms with Gasteiger partial charge >= 0.3 is 0 Å². The highest BCUT2D eigenvalue weighted by atomic mass is 16.3. The maximum atomic E-state index is 9.76. The van der Waals surface area contributed by atoms with E-state index >= 15 is 0 Å². The van der Waals surface area contributed by atoms with Crippen molar-refractivity contribution in [2.75, 3.05) is 0 Å². The van der Waals surface area contributed by atoms with E-state index in [0.717, 1.165) is 12.3 Å². The van der Waals surface area contributed by atoms with Crippen LogP contribution in [-0.2, 0) is 0 Å². The van der Waals surface area contributed by atoms with E-state index in [1.54, 1.807) is 0 Å². The summed E-state index contributed by atoms with van der Waals surface area (Å²) in [6.45, 7) is 0. The number of fused-ring (bicyclic) bond motifs is 1. The molecule has 2 bridgehead atoms. The molecular weight excluding hydrogens is 148 g/mol. The first kappa shape index (κ1) is 6.90. The van der Waals surface area contributed by atoms with Crippen LogP contribution in [0.4, 0.5) is 0 Å². The van der Waals surface area contributed by atoms with Crippen molar-refractivity contribution in [1.29, 1.82) is 0 Å². The molecular formula is C11H14O. The Kier molecular flexibility index (Phi) is 1.28. The molecule has 5 atom stereocenters. The summed E-state index contributed by atoms with van der Waals surface area (Å²) in [6.07, 6.45) is 11.3. The molecule has 1 nitrogen and oxygen atoms in total. The highest BCUT2D eigenvalue weighted by Crippen LogP contribution is 2.47. The smallest absolute Gasteiger partial charge is 0.0608 e. The van der Waals surface area contributed by atoms with Crippen LogP contribution in [0.15, 0.2) is 24.3 Å². The van der Waals surface area contributed by atoms with Gasteiger partial charge in [-0.2, -0.15) is 0 Å². The Hall–Kier alpha value is -0.560. The normalized spacial score (nSPS) is 54.6. The highest BCUT2D eigenvalue weighted by Gasteiger charge is 2.41. The zero-order valence-corrected chi connectivity index (χ0v) is 7.06. The molecule has 1 saturated carbocycles. The first-order valence-electron chi connectivity index (χ1n) is 4.89. The van der Waals surface area contributed by atoms with Gasteiger partial charge in [-0.05, 0) is 30.6 Å². The fourth-order valence-corrected chi connectivity index (χ4v) is 3.04. The van der Waals surface area contributed by atoms with Crippen LogP contribution in [-0.4, -0.2) is 11.2 Å². The van der Waals surface area contributed by atoms with Crippen molar-refractivity contribution < 1.29 is 5.11 Å². The van der Waals surface area contributed by atoms with E-state index in [9.17, 15) is 5.11 Å². The molecule has 3 aliphatic carbocycles. The lowest BCUT2D eigenvalue weighted by Crippen LogP contribution is -2.36. The largest absolute Gasteiger partial charge is 0.392 e. The molecule has 0 heterocycles. The number of aliphatic hydroxyl groups is 1. The Balaban J connectivity index is 2.00. The van der Waals surface area contributed by atoms with Gasteiger partial charge < -0.3 is 5.11 Å². The van der Waals surface area contributed by atoms with E-state index < -0.39 is 0 Å². The third-order valence-corrected chi connectivity index (χ3v) is 3.76. The van der Waals surface area contributed by atoms with Gasteiger partial charge in [0, 0.05) is 5.92 Å². The van der Waals surface area contributed by atoms with Crippen LogP contribution >= 0.6 is 0 Å². The van der Waals surface area contributed by atoms with Crippen LogP contribution in [0.3, 0.4) is 0 Å². The minimum atomic E-state index is -0.0776. The third kappa shape index (κ3) is 0.776. The Morgan fingerprint density at radius 3 is 2.50 bits per heavy atom. The van der Waals surface area contributed by atoms with Crippen LogP contribution in [0.2, 0.25) is 0 Å². The molecule has 0 amide bonds. The number of hydrogen-bond acceptors (Lipinski definition) is 1. The molecule has 12 heavy (non-hydrogen) atoms. The van der Waals surface area contributed by atoms with Crippen LogP contribution in [0.1, 0.15) is 12.8 Å². The quantitative estimate of drug-likeness (QED) is 0.538. The predicted molar refractivity (Wildman–Crippen MR) is 47.5 cm³/mol. The van der Waals surface area contributed by atoms with E-state index in [0.29, 0.717) is 17.8 Å². The van der Waals surface area contributed by atoms with Crippen molar-refractivity contribution in [1.82, 2.24) is 0 Å². The molecule has 5 unspecified atom stereocenters. The molecule has 0 aromatic heterocycles. The summed E-state index contributed by atoms with van der Waals surface area (Å²) >= 11 is 0. The fraction of sp³-hybridized carbons (Fsp3) is 0.636. The van der Waals surface area contributed by atoms with Gasteiger partial charge in [-0.1, -0.05) is 24.3 Å². The van der Waals surface area contributed by atoms with Crippen molar-refractivity contribution in [3.05, 3.63) is 24.3 Å². The lowest BCUT2D eigenvalue weighted by atomic mass is 9.68. The summed E-state index contributed by atoms with van der Waals surface area (Å²) in [5.74, 6) is 2.65. The van der Waals surface area contributed by atoms with Gasteiger partial charge in [0.25, 0.3) is 0 Å². The number of aliphatic hydroxyl groups excluding tert-OH is 1. The second-order valence-corrected chi connectivity index (χ2v) is 4.38. The summed E-state index contributed by atoms with van der Waals surface area (Å²) in [5, 5.41) is 9.76. The average Bonchev–Trinajstić information content (AvgIpc) is 2.50. The summed E-state index contributed by atoms with van der Waals surface area (Å²) in [6, 6.07) is 0. The minimum Gasteiger partial charge on any atom is -0.392 e. The van der Waals surface area contributed by atoms with E-state index in [2.05, 4.69) is 24.3 Å².